The minimum Gasteiger partial charge on any atom is -0.494 e. The van der Waals surface area contributed by atoms with Crippen LogP contribution in [0.3, 0.4) is 0 Å². The lowest BCUT2D eigenvalue weighted by Crippen LogP contribution is -2.33. The molecule has 1 heterocycles. The number of pyridine rings is 1. The summed E-state index contributed by atoms with van der Waals surface area (Å²) in [6, 6.07) is 15.7. The molecule has 0 aliphatic heterocycles. The van der Waals surface area contributed by atoms with Crippen molar-refractivity contribution in [1.29, 1.82) is 5.26 Å². The molecule has 0 aliphatic rings. The third-order valence-electron chi connectivity index (χ3n) is 5.50. The molecule has 0 saturated heterocycles. The summed E-state index contributed by atoms with van der Waals surface area (Å²) in [7, 11) is -3.59. The van der Waals surface area contributed by atoms with E-state index in [1.54, 1.807) is 30.3 Å². The van der Waals surface area contributed by atoms with Crippen LogP contribution in [0.5, 0.6) is 5.75 Å². The Bertz CT molecular complexity index is 1450. The van der Waals surface area contributed by atoms with Crippen molar-refractivity contribution in [3.05, 3.63) is 77.6 Å². The van der Waals surface area contributed by atoms with Crippen LogP contribution in [0.25, 0.3) is 0 Å². The monoisotopic (exact) mass is 535 g/mol. The van der Waals surface area contributed by atoms with Gasteiger partial charge in [0, 0.05) is 19.2 Å². The van der Waals surface area contributed by atoms with Crippen LogP contribution in [-0.2, 0) is 26.0 Å². The zero-order chi connectivity index (χ0) is 27.7. The molecule has 0 aliphatic carbocycles. The number of hydrogen-bond donors (Lipinski definition) is 3. The molecule has 0 fully saturated rings. The Morgan fingerprint density at radius 2 is 1.84 bits per heavy atom. The maximum atomic E-state index is 13.5. The summed E-state index contributed by atoms with van der Waals surface area (Å²) in [5, 5.41) is 17.6. The number of rotatable bonds is 11. The van der Waals surface area contributed by atoms with Gasteiger partial charge in [0.25, 0.3) is 0 Å². The largest absolute Gasteiger partial charge is 0.494 e. The Hall–Kier alpha value is -4.43. The van der Waals surface area contributed by atoms with Crippen molar-refractivity contribution < 1.29 is 22.7 Å². The zero-order valence-electron chi connectivity index (χ0n) is 21.3. The number of nitriles is 1. The van der Waals surface area contributed by atoms with Crippen molar-refractivity contribution in [3.63, 3.8) is 0 Å². The van der Waals surface area contributed by atoms with Crippen molar-refractivity contribution in [1.82, 2.24) is 10.3 Å². The van der Waals surface area contributed by atoms with Gasteiger partial charge in [0.05, 0.1) is 29.1 Å². The van der Waals surface area contributed by atoms with Gasteiger partial charge in [-0.1, -0.05) is 19.1 Å². The van der Waals surface area contributed by atoms with E-state index in [4.69, 9.17) is 10.00 Å². The lowest BCUT2D eigenvalue weighted by Gasteiger charge is -2.21. The first-order valence-electron chi connectivity index (χ1n) is 11.9. The van der Waals surface area contributed by atoms with Crippen LogP contribution in [0.1, 0.15) is 43.6 Å². The summed E-state index contributed by atoms with van der Waals surface area (Å²) in [5.74, 6) is -0.275. The fourth-order valence-corrected chi connectivity index (χ4v) is 4.82. The third kappa shape index (κ3) is 7.30. The summed E-state index contributed by atoms with van der Waals surface area (Å²) in [4.78, 5) is 29.1. The van der Waals surface area contributed by atoms with Crippen LogP contribution in [0.4, 0.5) is 11.4 Å². The molecule has 38 heavy (non-hydrogen) atoms. The topological polar surface area (TPSA) is 150 Å². The molecule has 2 amide bonds. The number of carbonyl (C=O) groups excluding carboxylic acids is 2. The number of nitrogens with zero attached hydrogens (tertiary/aromatic N) is 2. The summed E-state index contributed by atoms with van der Waals surface area (Å²) in [6.45, 7) is 5.09. The van der Waals surface area contributed by atoms with Gasteiger partial charge in [-0.25, -0.2) is 13.4 Å². The van der Waals surface area contributed by atoms with E-state index in [0.717, 1.165) is 0 Å². The number of anilines is 2. The number of sulfone groups is 1. The normalized spacial score (nSPS) is 11.6. The first kappa shape index (κ1) is 28.1. The second kappa shape index (κ2) is 12.7. The van der Waals surface area contributed by atoms with Crippen LogP contribution < -0.4 is 20.7 Å². The summed E-state index contributed by atoms with van der Waals surface area (Å²) in [6.07, 6.45) is 1.45. The quantitative estimate of drug-likeness (QED) is 0.337. The molecule has 3 rings (SSSR count). The van der Waals surface area contributed by atoms with Gasteiger partial charge in [-0.05, 0) is 60.5 Å². The van der Waals surface area contributed by atoms with E-state index in [9.17, 15) is 18.0 Å². The van der Waals surface area contributed by atoms with Gasteiger partial charge in [0.1, 0.15) is 23.6 Å². The number of benzene rings is 2. The molecule has 0 radical (unpaired) electrons. The highest BCUT2D eigenvalue weighted by atomic mass is 32.2. The third-order valence-corrected chi connectivity index (χ3v) is 7.33. The predicted octanol–water partition coefficient (Wildman–Crippen LogP) is 3.57. The van der Waals surface area contributed by atoms with E-state index in [0.29, 0.717) is 34.9 Å². The highest BCUT2D eigenvalue weighted by molar-refractivity contribution is 7.91. The van der Waals surface area contributed by atoms with Crippen LogP contribution in [-0.4, -0.2) is 37.6 Å². The van der Waals surface area contributed by atoms with Crippen molar-refractivity contribution in [2.45, 2.75) is 38.3 Å². The first-order chi connectivity index (χ1) is 18.2. The first-order valence-corrected chi connectivity index (χ1v) is 13.6. The number of ether oxygens (including phenoxy) is 1. The highest BCUT2D eigenvalue weighted by Crippen LogP contribution is 2.25. The zero-order valence-corrected chi connectivity index (χ0v) is 22.1. The Morgan fingerprint density at radius 3 is 2.47 bits per heavy atom. The molecule has 2 aromatic carbocycles. The second-order valence-electron chi connectivity index (χ2n) is 8.25. The molecular formula is C27H29N5O5S. The van der Waals surface area contributed by atoms with Crippen LogP contribution in [0.15, 0.2) is 65.7 Å². The second-order valence-corrected chi connectivity index (χ2v) is 10.5. The number of aromatic nitrogens is 1. The molecule has 0 saturated carbocycles. The molecule has 1 unspecified atom stereocenters. The SMILES string of the molecule is CCOc1cccc(C(Nc2ccc(C#N)nc2)C(=O)NCc2cc(NC(C)=O)ccc2S(=O)(=O)CC)c1. The molecule has 10 nitrogen and oxygen atoms in total. The summed E-state index contributed by atoms with van der Waals surface area (Å²) >= 11 is 0. The maximum absolute atomic E-state index is 13.5. The molecule has 3 N–H and O–H groups in total. The van der Waals surface area contributed by atoms with Gasteiger partial charge in [-0.15, -0.1) is 0 Å². The number of amides is 2. The van der Waals surface area contributed by atoms with E-state index in [1.807, 2.05) is 13.0 Å². The number of carbonyl (C=O) groups is 2. The molecule has 0 spiro atoms. The van der Waals surface area contributed by atoms with Gasteiger partial charge in [-0.2, -0.15) is 5.26 Å². The van der Waals surface area contributed by atoms with Crippen LogP contribution in [0.2, 0.25) is 0 Å². The van der Waals surface area contributed by atoms with Crippen molar-refractivity contribution in [2.24, 2.45) is 0 Å². The summed E-state index contributed by atoms with van der Waals surface area (Å²) < 4.78 is 31.0. The molecule has 0 bridgehead atoms. The van der Waals surface area contributed by atoms with Gasteiger partial charge < -0.3 is 20.7 Å². The minimum atomic E-state index is -3.59. The lowest BCUT2D eigenvalue weighted by molar-refractivity contribution is -0.122. The highest BCUT2D eigenvalue weighted by Gasteiger charge is 2.23. The van der Waals surface area contributed by atoms with Gasteiger partial charge in [0.15, 0.2) is 9.84 Å². The van der Waals surface area contributed by atoms with E-state index >= 15 is 0 Å². The summed E-state index contributed by atoms with van der Waals surface area (Å²) in [5.41, 5.74) is 2.10. The number of hydrogen-bond acceptors (Lipinski definition) is 8. The Labute approximate surface area is 222 Å². The average Bonchev–Trinajstić information content (AvgIpc) is 2.90. The molecule has 1 aromatic heterocycles. The smallest absolute Gasteiger partial charge is 0.247 e. The van der Waals surface area contributed by atoms with E-state index in [2.05, 4.69) is 20.9 Å². The van der Waals surface area contributed by atoms with E-state index in [1.165, 1.54) is 44.3 Å². The molecular weight excluding hydrogens is 506 g/mol. The average molecular weight is 536 g/mol. The van der Waals surface area contributed by atoms with E-state index < -0.39 is 21.8 Å². The molecule has 11 heteroatoms. The lowest BCUT2D eigenvalue weighted by atomic mass is 10.0. The molecule has 198 valence electrons. The van der Waals surface area contributed by atoms with Crippen LogP contribution >= 0.6 is 0 Å². The van der Waals surface area contributed by atoms with Gasteiger partial charge in [0.2, 0.25) is 11.8 Å². The fraction of sp³-hybridized carbons (Fsp3) is 0.259. The number of nitrogens with one attached hydrogen (secondary N) is 3. The standard InChI is InChI=1S/C27H29N5O5S/c1-4-37-24-8-6-7-19(14-24)26(32-23-10-9-22(15-28)29-17-23)27(34)30-16-20-13-21(31-18(3)33)11-12-25(20)38(35,36)5-2/h6-14,17,26,32H,4-5,16H2,1-3H3,(H,30,34)(H,31,33). The fourth-order valence-electron chi connectivity index (χ4n) is 3.70. The molecule has 1 atom stereocenters. The predicted molar refractivity (Wildman–Crippen MR) is 143 cm³/mol. The van der Waals surface area contributed by atoms with Gasteiger partial charge in [-0.3, -0.25) is 9.59 Å². The Balaban J connectivity index is 1.93. The van der Waals surface area contributed by atoms with E-state index in [-0.39, 0.29) is 28.8 Å². The molecule has 3 aromatic rings. The minimum absolute atomic E-state index is 0.0774. The van der Waals surface area contributed by atoms with Crippen molar-refractivity contribution in [3.8, 4) is 11.8 Å². The maximum Gasteiger partial charge on any atom is 0.247 e. The van der Waals surface area contributed by atoms with Crippen molar-refractivity contribution in [2.75, 3.05) is 23.0 Å². The Kier molecular flexibility index (Phi) is 9.40. The van der Waals surface area contributed by atoms with Crippen LogP contribution in [0, 0.1) is 11.3 Å². The Morgan fingerprint density at radius 1 is 1.08 bits per heavy atom. The van der Waals surface area contributed by atoms with Crippen molar-refractivity contribution >= 4 is 33.0 Å². The van der Waals surface area contributed by atoms with Gasteiger partial charge >= 0.3 is 0 Å².